The Balaban J connectivity index is 1.58. The van der Waals surface area contributed by atoms with Crippen LogP contribution in [0.15, 0.2) is 54.4 Å². The monoisotopic (exact) mass is 479 g/mol. The van der Waals surface area contributed by atoms with Crippen molar-refractivity contribution < 1.29 is 24.2 Å². The quantitative estimate of drug-likeness (QED) is 0.242. The maximum absolute atomic E-state index is 13.1. The Morgan fingerprint density at radius 1 is 1.11 bits per heavy atom. The van der Waals surface area contributed by atoms with Crippen LogP contribution in [0.1, 0.15) is 43.4 Å². The van der Waals surface area contributed by atoms with E-state index in [-0.39, 0.29) is 11.3 Å². The number of aliphatic hydroxyl groups is 1. The number of rotatable bonds is 10. The first-order chi connectivity index (χ1) is 17.1. The maximum atomic E-state index is 13.1. The topological polar surface area (TPSA) is 92.2 Å². The zero-order valence-electron chi connectivity index (χ0n) is 20.2. The van der Waals surface area contributed by atoms with Crippen LogP contribution in [0.4, 0.5) is 0 Å². The number of ether oxygens (including phenoxy) is 2. The van der Waals surface area contributed by atoms with E-state index < -0.39 is 17.7 Å². The number of unbranched alkanes of at least 4 members (excludes halogenated alkanes) is 1. The molecular weight excluding hydrogens is 446 g/mol. The lowest BCUT2D eigenvalue weighted by Crippen LogP contribution is -2.39. The summed E-state index contributed by atoms with van der Waals surface area (Å²) in [6.07, 6.45) is 6.00. The van der Waals surface area contributed by atoms with Crippen LogP contribution >= 0.6 is 0 Å². The predicted octanol–water partition coefficient (Wildman–Crippen LogP) is 3.40. The van der Waals surface area contributed by atoms with E-state index in [1.54, 1.807) is 47.6 Å². The normalized spacial score (nSPS) is 20.4. The second-order valence-corrected chi connectivity index (χ2v) is 8.81. The molecule has 1 atom stereocenters. The Morgan fingerprint density at radius 2 is 1.89 bits per heavy atom. The van der Waals surface area contributed by atoms with Gasteiger partial charge in [-0.25, -0.2) is 0 Å². The van der Waals surface area contributed by atoms with Gasteiger partial charge in [0.15, 0.2) is 0 Å². The van der Waals surface area contributed by atoms with E-state index in [2.05, 4.69) is 16.8 Å². The molecule has 2 saturated heterocycles. The number of amides is 1. The molecule has 0 bridgehead atoms. The first-order valence-electron chi connectivity index (χ1n) is 12.3. The molecule has 2 aliphatic rings. The van der Waals surface area contributed by atoms with Crippen LogP contribution in [-0.4, -0.2) is 77.6 Å². The van der Waals surface area contributed by atoms with Gasteiger partial charge in [-0.15, -0.1) is 0 Å². The van der Waals surface area contributed by atoms with Crippen LogP contribution in [-0.2, 0) is 14.3 Å². The molecule has 1 aromatic carbocycles. The van der Waals surface area contributed by atoms with E-state index in [0.29, 0.717) is 49.7 Å². The first-order valence-corrected chi connectivity index (χ1v) is 12.3. The average Bonchev–Trinajstić information content (AvgIpc) is 3.15. The number of aromatic nitrogens is 1. The van der Waals surface area contributed by atoms with Crippen molar-refractivity contribution in [3.63, 3.8) is 0 Å². The molecule has 2 aliphatic heterocycles. The molecule has 2 fully saturated rings. The lowest BCUT2D eigenvalue weighted by molar-refractivity contribution is -0.140. The Hall–Kier alpha value is -3.23. The number of pyridine rings is 1. The van der Waals surface area contributed by atoms with Gasteiger partial charge in [0, 0.05) is 44.1 Å². The summed E-state index contributed by atoms with van der Waals surface area (Å²) < 4.78 is 11.1. The number of Topliss-reactive ketones (excluding diaryl/α,β-unsaturated/α-hetero) is 1. The number of carbonyl (C=O) groups is 2. The molecule has 3 heterocycles. The highest BCUT2D eigenvalue weighted by Crippen LogP contribution is 2.39. The summed E-state index contributed by atoms with van der Waals surface area (Å²) in [6, 6.07) is 9.87. The van der Waals surface area contributed by atoms with Crippen molar-refractivity contribution in [2.45, 2.75) is 32.2 Å². The number of morpholine rings is 1. The summed E-state index contributed by atoms with van der Waals surface area (Å²) in [5.41, 5.74) is 1.25. The SMILES string of the molecule is CCCCOc1ccc(C(O)=C2C(=O)C(=O)N(CCCN3CCOCC3)[C@@H]2c2cccnc2)cc1. The van der Waals surface area contributed by atoms with Gasteiger partial charge in [0.05, 0.1) is 31.4 Å². The molecule has 1 aromatic heterocycles. The summed E-state index contributed by atoms with van der Waals surface area (Å²) in [4.78, 5) is 34.3. The third-order valence-corrected chi connectivity index (χ3v) is 6.41. The van der Waals surface area contributed by atoms with Gasteiger partial charge in [0.1, 0.15) is 11.5 Å². The van der Waals surface area contributed by atoms with E-state index >= 15 is 0 Å². The molecule has 8 nitrogen and oxygen atoms in total. The van der Waals surface area contributed by atoms with Gasteiger partial charge in [-0.1, -0.05) is 19.4 Å². The summed E-state index contributed by atoms with van der Waals surface area (Å²) in [7, 11) is 0. The zero-order valence-corrected chi connectivity index (χ0v) is 20.2. The van der Waals surface area contributed by atoms with Crippen LogP contribution in [0, 0.1) is 0 Å². The van der Waals surface area contributed by atoms with Crippen LogP contribution in [0.25, 0.3) is 5.76 Å². The van der Waals surface area contributed by atoms with Crippen molar-refractivity contribution in [1.29, 1.82) is 0 Å². The van der Waals surface area contributed by atoms with Gasteiger partial charge < -0.3 is 19.5 Å². The molecule has 0 radical (unpaired) electrons. The molecule has 4 rings (SSSR count). The molecule has 0 saturated carbocycles. The van der Waals surface area contributed by atoms with Gasteiger partial charge in [0.25, 0.3) is 11.7 Å². The highest BCUT2D eigenvalue weighted by atomic mass is 16.5. The first kappa shape index (κ1) is 24.9. The molecule has 0 spiro atoms. The largest absolute Gasteiger partial charge is 0.507 e. The minimum atomic E-state index is -0.686. The number of aliphatic hydroxyl groups excluding tert-OH is 1. The Labute approximate surface area is 206 Å². The van der Waals surface area contributed by atoms with Crippen molar-refractivity contribution in [3.8, 4) is 5.75 Å². The van der Waals surface area contributed by atoms with Crippen molar-refractivity contribution >= 4 is 17.4 Å². The van der Waals surface area contributed by atoms with Crippen molar-refractivity contribution in [2.75, 3.05) is 46.0 Å². The lowest BCUT2D eigenvalue weighted by atomic mass is 9.96. The zero-order chi connectivity index (χ0) is 24.6. The highest BCUT2D eigenvalue weighted by molar-refractivity contribution is 6.46. The molecule has 35 heavy (non-hydrogen) atoms. The third kappa shape index (κ3) is 5.89. The minimum absolute atomic E-state index is 0.0917. The second kappa shape index (κ2) is 12.0. The molecule has 1 amide bonds. The second-order valence-electron chi connectivity index (χ2n) is 8.81. The van der Waals surface area contributed by atoms with Crippen LogP contribution in [0.3, 0.4) is 0 Å². The summed E-state index contributed by atoms with van der Waals surface area (Å²) >= 11 is 0. The number of benzene rings is 1. The Morgan fingerprint density at radius 3 is 2.57 bits per heavy atom. The molecule has 1 N–H and O–H groups in total. The van der Waals surface area contributed by atoms with Gasteiger partial charge in [-0.05, 0) is 48.7 Å². The van der Waals surface area contributed by atoms with E-state index in [1.165, 1.54) is 0 Å². The lowest BCUT2D eigenvalue weighted by Gasteiger charge is -2.29. The highest BCUT2D eigenvalue weighted by Gasteiger charge is 2.45. The number of ketones is 1. The Kier molecular flexibility index (Phi) is 8.50. The summed E-state index contributed by atoms with van der Waals surface area (Å²) in [5, 5.41) is 11.2. The molecule has 8 heteroatoms. The molecule has 2 aromatic rings. The molecule has 186 valence electrons. The number of nitrogens with zero attached hydrogens (tertiary/aromatic N) is 3. The van der Waals surface area contributed by atoms with Gasteiger partial charge in [0.2, 0.25) is 0 Å². The van der Waals surface area contributed by atoms with E-state index in [4.69, 9.17) is 9.47 Å². The van der Waals surface area contributed by atoms with Crippen molar-refractivity contribution in [2.24, 2.45) is 0 Å². The van der Waals surface area contributed by atoms with Gasteiger partial charge in [-0.2, -0.15) is 0 Å². The maximum Gasteiger partial charge on any atom is 0.295 e. The predicted molar refractivity (Wildman–Crippen MR) is 132 cm³/mol. The third-order valence-electron chi connectivity index (χ3n) is 6.41. The van der Waals surface area contributed by atoms with Crippen LogP contribution < -0.4 is 4.74 Å². The number of hydrogen-bond acceptors (Lipinski definition) is 7. The number of carbonyl (C=O) groups excluding carboxylic acids is 2. The number of hydrogen-bond donors (Lipinski definition) is 1. The van der Waals surface area contributed by atoms with Crippen molar-refractivity contribution in [3.05, 3.63) is 65.5 Å². The molecular formula is C27H33N3O5. The van der Waals surface area contributed by atoms with Crippen molar-refractivity contribution in [1.82, 2.24) is 14.8 Å². The van der Waals surface area contributed by atoms with Crippen LogP contribution in [0.5, 0.6) is 5.75 Å². The van der Waals surface area contributed by atoms with Gasteiger partial charge in [-0.3, -0.25) is 19.5 Å². The minimum Gasteiger partial charge on any atom is -0.507 e. The summed E-state index contributed by atoms with van der Waals surface area (Å²) in [6.45, 7) is 7.09. The Bertz CT molecular complexity index is 1030. The average molecular weight is 480 g/mol. The molecule has 0 unspecified atom stereocenters. The number of likely N-dealkylation sites (tertiary alicyclic amines) is 1. The standard InChI is InChI=1S/C27H33N3O5/c1-2-3-16-35-22-9-7-20(8-10-22)25(31)23-24(21-6-4-11-28-19-21)30(27(33)26(23)32)13-5-12-29-14-17-34-18-15-29/h4,6-11,19,24,31H,2-3,5,12-18H2,1H3/t24-/m1/s1. The summed E-state index contributed by atoms with van der Waals surface area (Å²) in [5.74, 6) is -0.761. The fourth-order valence-electron chi connectivity index (χ4n) is 4.48. The van der Waals surface area contributed by atoms with E-state index in [9.17, 15) is 14.7 Å². The molecule has 0 aliphatic carbocycles. The van der Waals surface area contributed by atoms with Crippen LogP contribution in [0.2, 0.25) is 0 Å². The van der Waals surface area contributed by atoms with Gasteiger partial charge >= 0.3 is 0 Å². The fourth-order valence-corrected chi connectivity index (χ4v) is 4.48. The smallest absolute Gasteiger partial charge is 0.295 e. The van der Waals surface area contributed by atoms with E-state index in [0.717, 1.165) is 32.5 Å². The fraction of sp³-hybridized carbons (Fsp3) is 0.444. The van der Waals surface area contributed by atoms with E-state index in [1.807, 2.05) is 6.07 Å².